The lowest BCUT2D eigenvalue weighted by Gasteiger charge is -2.42. The molecule has 162 valence electrons. The van der Waals surface area contributed by atoms with Crippen LogP contribution in [0, 0.1) is 5.92 Å². The number of carbonyl (C=O) groups is 2. The van der Waals surface area contributed by atoms with Crippen LogP contribution in [0.15, 0.2) is 23.8 Å². The van der Waals surface area contributed by atoms with Gasteiger partial charge in [-0.1, -0.05) is 55.3 Å². The van der Waals surface area contributed by atoms with Crippen LogP contribution in [0.25, 0.3) is 0 Å². The van der Waals surface area contributed by atoms with Crippen molar-refractivity contribution in [2.45, 2.75) is 89.3 Å². The van der Waals surface area contributed by atoms with Crippen molar-refractivity contribution in [1.29, 1.82) is 0 Å². The minimum Gasteiger partial charge on any atom is -0.462 e. The first-order valence-electron chi connectivity index (χ1n) is 10.7. The SMILES string of the molecule is C/C1=C\CCCCC[C@@H](C)/C=C\[C@@H]2C[C@H](C[C@](O)([C@@H]3CSC(=O)N3)O2)OC(=O)C1. The van der Waals surface area contributed by atoms with Crippen molar-refractivity contribution in [2.75, 3.05) is 5.75 Å². The van der Waals surface area contributed by atoms with Crippen molar-refractivity contribution in [3.63, 3.8) is 0 Å². The highest BCUT2D eigenvalue weighted by Gasteiger charge is 2.49. The van der Waals surface area contributed by atoms with E-state index in [2.05, 4.69) is 24.4 Å². The molecular formula is C22H33NO5S. The first-order valence-corrected chi connectivity index (χ1v) is 11.7. The zero-order valence-corrected chi connectivity index (χ0v) is 18.2. The smallest absolute Gasteiger partial charge is 0.310 e. The first-order chi connectivity index (χ1) is 13.8. The fraction of sp³-hybridized carbons (Fsp3) is 0.727. The van der Waals surface area contributed by atoms with E-state index in [0.717, 1.165) is 36.6 Å². The van der Waals surface area contributed by atoms with Gasteiger partial charge in [-0.3, -0.25) is 9.59 Å². The van der Waals surface area contributed by atoms with E-state index in [-0.39, 0.29) is 30.2 Å². The van der Waals surface area contributed by atoms with Crippen LogP contribution in [-0.4, -0.2) is 46.1 Å². The Morgan fingerprint density at radius 3 is 2.83 bits per heavy atom. The Bertz CT molecular complexity index is 664. The third-order valence-electron chi connectivity index (χ3n) is 5.82. The molecule has 3 heterocycles. The summed E-state index contributed by atoms with van der Waals surface area (Å²) in [5, 5.41) is 13.8. The van der Waals surface area contributed by atoms with Crippen molar-refractivity contribution in [1.82, 2.24) is 5.32 Å². The monoisotopic (exact) mass is 423 g/mol. The van der Waals surface area contributed by atoms with Crippen molar-refractivity contribution in [3.05, 3.63) is 23.8 Å². The summed E-state index contributed by atoms with van der Waals surface area (Å²) < 4.78 is 11.8. The molecule has 0 aromatic heterocycles. The van der Waals surface area contributed by atoms with Crippen molar-refractivity contribution >= 4 is 23.0 Å². The van der Waals surface area contributed by atoms with Gasteiger partial charge < -0.3 is 19.9 Å². The number of carbonyl (C=O) groups excluding carboxylic acids is 2. The van der Waals surface area contributed by atoms with E-state index in [9.17, 15) is 14.7 Å². The second-order valence-corrected chi connectivity index (χ2v) is 9.57. The molecule has 2 saturated heterocycles. The predicted molar refractivity (Wildman–Crippen MR) is 113 cm³/mol. The summed E-state index contributed by atoms with van der Waals surface area (Å²) in [5.74, 6) is -0.968. The van der Waals surface area contributed by atoms with Gasteiger partial charge in [-0.05, 0) is 32.1 Å². The number of thioether (sulfide) groups is 1. The van der Waals surface area contributed by atoms with Crippen LogP contribution in [0.5, 0.6) is 0 Å². The lowest BCUT2D eigenvalue weighted by Crippen LogP contribution is -2.58. The molecule has 2 bridgehead atoms. The number of ether oxygens (including phenoxy) is 2. The number of hydrogen-bond donors (Lipinski definition) is 2. The highest BCUT2D eigenvalue weighted by molar-refractivity contribution is 8.14. The minimum absolute atomic E-state index is 0.160. The molecule has 3 aliphatic heterocycles. The molecule has 3 aliphatic rings. The molecule has 0 radical (unpaired) electrons. The molecule has 1 amide bonds. The van der Waals surface area contributed by atoms with E-state index >= 15 is 0 Å². The summed E-state index contributed by atoms with van der Waals surface area (Å²) in [6.07, 6.45) is 12.0. The maximum Gasteiger partial charge on any atom is 0.310 e. The van der Waals surface area contributed by atoms with Gasteiger partial charge in [0, 0.05) is 18.6 Å². The molecule has 0 aromatic rings. The van der Waals surface area contributed by atoms with Crippen LogP contribution in [0.2, 0.25) is 0 Å². The number of hydrogen-bond acceptors (Lipinski definition) is 6. The maximum atomic E-state index is 12.4. The highest BCUT2D eigenvalue weighted by atomic mass is 32.2. The van der Waals surface area contributed by atoms with Crippen molar-refractivity contribution in [3.8, 4) is 0 Å². The molecular weight excluding hydrogens is 390 g/mol. The largest absolute Gasteiger partial charge is 0.462 e. The van der Waals surface area contributed by atoms with Crippen LogP contribution in [0.3, 0.4) is 0 Å². The maximum absolute atomic E-state index is 12.4. The Balaban J connectivity index is 1.77. The summed E-state index contributed by atoms with van der Waals surface area (Å²) in [6, 6.07) is -0.512. The van der Waals surface area contributed by atoms with Crippen molar-refractivity contribution in [2.24, 2.45) is 5.92 Å². The molecule has 0 aliphatic carbocycles. The molecule has 2 fully saturated rings. The fourth-order valence-corrected chi connectivity index (χ4v) is 5.05. The van der Waals surface area contributed by atoms with Gasteiger partial charge in [-0.25, -0.2) is 0 Å². The molecule has 0 unspecified atom stereocenters. The highest BCUT2D eigenvalue weighted by Crippen LogP contribution is 2.36. The number of esters is 1. The molecule has 0 spiro atoms. The summed E-state index contributed by atoms with van der Waals surface area (Å²) in [4.78, 5) is 24.1. The Kier molecular flexibility index (Phi) is 7.82. The van der Waals surface area contributed by atoms with Crippen LogP contribution < -0.4 is 5.32 Å². The van der Waals surface area contributed by atoms with E-state index in [1.54, 1.807) is 0 Å². The molecule has 6 nitrogen and oxygen atoms in total. The number of amides is 1. The van der Waals surface area contributed by atoms with Gasteiger partial charge in [0.2, 0.25) is 0 Å². The van der Waals surface area contributed by atoms with Gasteiger partial charge in [0.15, 0.2) is 5.79 Å². The summed E-state index contributed by atoms with van der Waals surface area (Å²) >= 11 is 1.14. The van der Waals surface area contributed by atoms with Gasteiger partial charge >= 0.3 is 5.97 Å². The third-order valence-corrected chi connectivity index (χ3v) is 6.70. The fourth-order valence-electron chi connectivity index (χ4n) is 4.16. The second kappa shape index (κ2) is 10.1. The standard InChI is InChI=1S/C22H33NO5S/c1-15-7-5-3-4-6-8-16(2)11-20(24)27-18-12-17(10-9-15)28-22(26,13-18)19-14-29-21(25)23-19/h8-10,15,17-19,26H,3-7,11-14H2,1-2H3,(H,23,25)/b10-9-,16-8+/t15-,17-,18-,19+,22-/m1/s1. The molecule has 5 atom stereocenters. The normalized spacial score (nSPS) is 40.4. The number of aliphatic hydroxyl groups is 1. The van der Waals surface area contributed by atoms with Crippen LogP contribution in [0.1, 0.15) is 65.2 Å². The lowest BCUT2D eigenvalue weighted by atomic mass is 9.92. The summed E-state index contributed by atoms with van der Waals surface area (Å²) in [7, 11) is 0. The zero-order chi connectivity index (χ0) is 20.9. The quantitative estimate of drug-likeness (QED) is 0.488. The van der Waals surface area contributed by atoms with Gasteiger partial charge in [0.25, 0.3) is 5.24 Å². The van der Waals surface area contributed by atoms with Gasteiger partial charge in [-0.2, -0.15) is 0 Å². The Labute approximate surface area is 177 Å². The average molecular weight is 424 g/mol. The molecule has 29 heavy (non-hydrogen) atoms. The second-order valence-electron chi connectivity index (χ2n) is 8.58. The average Bonchev–Trinajstić information content (AvgIpc) is 3.09. The third kappa shape index (κ3) is 6.59. The molecule has 7 heteroatoms. The number of allylic oxidation sites excluding steroid dienone is 2. The topological polar surface area (TPSA) is 84.9 Å². The molecule has 0 aromatic carbocycles. The van der Waals surface area contributed by atoms with E-state index in [1.165, 1.54) is 12.8 Å². The van der Waals surface area contributed by atoms with Crippen LogP contribution >= 0.6 is 11.8 Å². The van der Waals surface area contributed by atoms with Gasteiger partial charge in [0.1, 0.15) is 6.10 Å². The van der Waals surface area contributed by atoms with Crippen LogP contribution in [0.4, 0.5) is 4.79 Å². The number of nitrogens with one attached hydrogen (secondary N) is 1. The zero-order valence-electron chi connectivity index (χ0n) is 17.4. The molecule has 2 N–H and O–H groups in total. The van der Waals surface area contributed by atoms with E-state index < -0.39 is 17.9 Å². The summed E-state index contributed by atoms with van der Waals surface area (Å²) in [5.41, 5.74) is 1.02. The van der Waals surface area contributed by atoms with Gasteiger partial charge in [-0.15, -0.1) is 0 Å². The summed E-state index contributed by atoms with van der Waals surface area (Å²) in [6.45, 7) is 4.15. The number of rotatable bonds is 1. The predicted octanol–water partition coefficient (Wildman–Crippen LogP) is 4.08. The van der Waals surface area contributed by atoms with Crippen molar-refractivity contribution < 1.29 is 24.2 Å². The Morgan fingerprint density at radius 1 is 1.24 bits per heavy atom. The van der Waals surface area contributed by atoms with E-state index in [4.69, 9.17) is 9.47 Å². The van der Waals surface area contributed by atoms with Gasteiger partial charge in [0.05, 0.1) is 18.6 Å². The van der Waals surface area contributed by atoms with E-state index in [1.807, 2.05) is 13.0 Å². The molecule has 0 saturated carbocycles. The lowest BCUT2D eigenvalue weighted by molar-refractivity contribution is -0.273. The Hall–Kier alpha value is -1.31. The molecule has 3 rings (SSSR count). The Morgan fingerprint density at radius 2 is 2.07 bits per heavy atom. The van der Waals surface area contributed by atoms with E-state index in [0.29, 0.717) is 18.1 Å². The first kappa shape index (κ1) is 22.4. The minimum atomic E-state index is -1.54. The van der Waals surface area contributed by atoms with Crippen LogP contribution in [-0.2, 0) is 14.3 Å². The number of fused-ring (bicyclic) bond motifs is 2.